The lowest BCUT2D eigenvalue weighted by Gasteiger charge is -2.09. The van der Waals surface area contributed by atoms with E-state index in [-0.39, 0.29) is 12.1 Å². The molecule has 25 heavy (non-hydrogen) atoms. The maximum atomic E-state index is 13.9. The van der Waals surface area contributed by atoms with E-state index in [1.807, 2.05) is 0 Å². The van der Waals surface area contributed by atoms with Gasteiger partial charge in [-0.2, -0.15) is 16.8 Å². The van der Waals surface area contributed by atoms with Crippen LogP contribution in [0.5, 0.6) is 0 Å². The molecule has 0 atom stereocenters. The van der Waals surface area contributed by atoms with Crippen molar-refractivity contribution in [2.75, 3.05) is 0 Å². The van der Waals surface area contributed by atoms with Gasteiger partial charge in [0.1, 0.15) is 21.4 Å². The van der Waals surface area contributed by atoms with E-state index in [0.717, 1.165) is 18.2 Å². The lowest BCUT2D eigenvalue weighted by atomic mass is 10.3. The molecule has 13 heteroatoms. The molecule has 0 aromatic heterocycles. The van der Waals surface area contributed by atoms with Crippen molar-refractivity contribution < 1.29 is 43.1 Å². The zero-order chi connectivity index (χ0) is 19.2. The normalized spacial score (nSPS) is 13.0. The van der Waals surface area contributed by atoms with Crippen molar-refractivity contribution in [1.29, 1.82) is 0 Å². The number of hydrogen-bond acceptors (Lipinski definition) is 6. The van der Waals surface area contributed by atoms with Gasteiger partial charge in [0.15, 0.2) is 0 Å². The first kappa shape index (κ1) is 19.4. The van der Waals surface area contributed by atoms with Crippen molar-refractivity contribution in [3.63, 3.8) is 0 Å². The first-order valence-corrected chi connectivity index (χ1v) is 10.4. The van der Waals surface area contributed by atoms with Gasteiger partial charge in [0.05, 0.1) is 9.79 Å². The molecule has 0 bridgehead atoms. The van der Waals surface area contributed by atoms with Crippen LogP contribution in [-0.4, -0.2) is 34.4 Å². The Labute approximate surface area is 141 Å². The van der Waals surface area contributed by atoms with Crippen molar-refractivity contribution in [2.45, 2.75) is 19.6 Å². The summed E-state index contributed by atoms with van der Waals surface area (Å²) >= 11 is 0. The van der Waals surface area contributed by atoms with Crippen LogP contribution >= 0.6 is 0 Å². The maximum Gasteiger partial charge on any atom is 0.297 e. The molecule has 136 valence electrons. The van der Waals surface area contributed by atoms with Gasteiger partial charge in [-0.1, -0.05) is 6.07 Å². The van der Waals surface area contributed by atoms with Gasteiger partial charge < -0.3 is 0 Å². The summed E-state index contributed by atoms with van der Waals surface area (Å²) in [6.45, 7) is 0. The number of benzene rings is 2. The molecule has 0 saturated heterocycles. The SMILES string of the molecule is O=S(=O)(O)c1cccc(S(=O)(=O)c2cc(S(=O)(=O)O)c(F)cc2F)c1. The second kappa shape index (κ2) is 6.10. The summed E-state index contributed by atoms with van der Waals surface area (Å²) in [6, 6.07) is 3.15. The molecule has 0 aliphatic rings. The molecule has 2 rings (SSSR count). The summed E-state index contributed by atoms with van der Waals surface area (Å²) in [4.78, 5) is -4.41. The van der Waals surface area contributed by atoms with Gasteiger partial charge >= 0.3 is 0 Å². The fraction of sp³-hybridized carbons (Fsp3) is 0. The fourth-order valence-electron chi connectivity index (χ4n) is 1.84. The van der Waals surface area contributed by atoms with Crippen LogP contribution < -0.4 is 0 Å². The summed E-state index contributed by atoms with van der Waals surface area (Å²) in [5, 5.41) is 0. The highest BCUT2D eigenvalue weighted by Crippen LogP contribution is 2.28. The van der Waals surface area contributed by atoms with E-state index in [2.05, 4.69) is 0 Å². The van der Waals surface area contributed by atoms with Crippen molar-refractivity contribution in [3.05, 3.63) is 48.0 Å². The van der Waals surface area contributed by atoms with Crippen molar-refractivity contribution >= 4 is 30.1 Å². The minimum absolute atomic E-state index is 0.0530. The molecule has 2 aromatic rings. The molecule has 0 unspecified atom stereocenters. The highest BCUT2D eigenvalue weighted by atomic mass is 32.2. The molecule has 0 spiro atoms. The van der Waals surface area contributed by atoms with Gasteiger partial charge in [-0.3, -0.25) is 9.11 Å². The Morgan fingerprint density at radius 1 is 0.680 bits per heavy atom. The molecule has 0 saturated carbocycles. The van der Waals surface area contributed by atoms with Crippen molar-refractivity contribution in [2.24, 2.45) is 0 Å². The third-order valence-corrected chi connectivity index (χ3v) is 6.45. The van der Waals surface area contributed by atoms with Crippen molar-refractivity contribution in [3.8, 4) is 0 Å². The van der Waals surface area contributed by atoms with Gasteiger partial charge in [-0.05, 0) is 24.3 Å². The van der Waals surface area contributed by atoms with E-state index in [1.165, 1.54) is 0 Å². The third kappa shape index (κ3) is 3.85. The van der Waals surface area contributed by atoms with Crippen LogP contribution in [0.4, 0.5) is 8.78 Å². The first-order chi connectivity index (χ1) is 11.2. The minimum Gasteiger partial charge on any atom is -0.282 e. The average molecular weight is 414 g/mol. The fourth-order valence-corrected chi connectivity index (χ4v) is 4.47. The van der Waals surface area contributed by atoms with Gasteiger partial charge in [0.25, 0.3) is 20.2 Å². The Morgan fingerprint density at radius 2 is 1.20 bits per heavy atom. The summed E-state index contributed by atoms with van der Waals surface area (Å²) < 4.78 is 114. The van der Waals surface area contributed by atoms with Crippen LogP contribution in [0.1, 0.15) is 0 Å². The van der Waals surface area contributed by atoms with E-state index in [0.29, 0.717) is 6.07 Å². The molecule has 0 radical (unpaired) electrons. The summed E-state index contributed by atoms with van der Waals surface area (Å²) in [6.07, 6.45) is 0. The second-order valence-electron chi connectivity index (χ2n) is 4.64. The Kier molecular flexibility index (Phi) is 4.73. The molecule has 0 aliphatic heterocycles. The lowest BCUT2D eigenvalue weighted by molar-refractivity contribution is 0.469. The highest BCUT2D eigenvalue weighted by Gasteiger charge is 2.28. The Hall–Kier alpha value is -1.93. The number of halogens is 2. The predicted molar refractivity (Wildman–Crippen MR) is 77.9 cm³/mol. The average Bonchev–Trinajstić information content (AvgIpc) is 2.44. The van der Waals surface area contributed by atoms with E-state index in [1.54, 1.807) is 0 Å². The molecular weight excluding hydrogens is 406 g/mol. The first-order valence-electron chi connectivity index (χ1n) is 6.04. The van der Waals surface area contributed by atoms with Gasteiger partial charge in [0, 0.05) is 6.07 Å². The van der Waals surface area contributed by atoms with Crippen molar-refractivity contribution in [1.82, 2.24) is 0 Å². The predicted octanol–water partition coefficient (Wildman–Crippen LogP) is 1.29. The van der Waals surface area contributed by atoms with Gasteiger partial charge in [0.2, 0.25) is 9.84 Å². The van der Waals surface area contributed by atoms with E-state index >= 15 is 0 Å². The van der Waals surface area contributed by atoms with Crippen LogP contribution in [0, 0.1) is 11.6 Å². The zero-order valence-electron chi connectivity index (χ0n) is 11.8. The van der Waals surface area contributed by atoms with Crippen LogP contribution in [0.15, 0.2) is 56.0 Å². The van der Waals surface area contributed by atoms with Crippen LogP contribution in [0.3, 0.4) is 0 Å². The summed E-state index contributed by atoms with van der Waals surface area (Å²) in [7, 11) is -14.8. The standard InChI is InChI=1S/C12H8F2O8S3/c13-9-5-10(14)12(25(20,21)22)6-11(9)23(15,16)7-2-1-3-8(4-7)24(17,18)19/h1-6H,(H,17,18,19)(H,20,21,22). The quantitative estimate of drug-likeness (QED) is 0.563. The molecular formula is C12H8F2O8S3. The van der Waals surface area contributed by atoms with E-state index in [4.69, 9.17) is 9.11 Å². The highest BCUT2D eigenvalue weighted by molar-refractivity contribution is 7.91. The molecule has 0 amide bonds. The monoisotopic (exact) mass is 414 g/mol. The third-order valence-electron chi connectivity index (χ3n) is 2.97. The van der Waals surface area contributed by atoms with Crippen LogP contribution in [0.25, 0.3) is 0 Å². The topological polar surface area (TPSA) is 143 Å². The largest absolute Gasteiger partial charge is 0.297 e. The Balaban J connectivity index is 2.78. The second-order valence-corrected chi connectivity index (χ2v) is 9.37. The zero-order valence-corrected chi connectivity index (χ0v) is 14.2. The lowest BCUT2D eigenvalue weighted by Crippen LogP contribution is -2.10. The number of rotatable bonds is 4. The van der Waals surface area contributed by atoms with Crippen LogP contribution in [0.2, 0.25) is 0 Å². The molecule has 0 heterocycles. The van der Waals surface area contributed by atoms with Gasteiger partial charge in [-0.25, -0.2) is 17.2 Å². The van der Waals surface area contributed by atoms with Gasteiger partial charge in [-0.15, -0.1) is 0 Å². The Bertz CT molecular complexity index is 1170. The summed E-state index contributed by atoms with van der Waals surface area (Å²) in [5.41, 5.74) is 0. The van der Waals surface area contributed by atoms with E-state index < -0.39 is 61.3 Å². The number of hydrogen-bond donors (Lipinski definition) is 2. The van der Waals surface area contributed by atoms with Crippen LogP contribution in [-0.2, 0) is 30.1 Å². The molecule has 0 aliphatic carbocycles. The molecule has 8 nitrogen and oxygen atoms in total. The molecule has 2 N–H and O–H groups in total. The number of sulfone groups is 1. The molecule has 2 aromatic carbocycles. The summed E-state index contributed by atoms with van der Waals surface area (Å²) in [5.74, 6) is -3.38. The van der Waals surface area contributed by atoms with E-state index in [9.17, 15) is 34.0 Å². The maximum absolute atomic E-state index is 13.9. The Morgan fingerprint density at radius 3 is 1.72 bits per heavy atom. The smallest absolute Gasteiger partial charge is 0.282 e. The molecule has 0 fully saturated rings. The minimum atomic E-state index is -5.19.